The lowest BCUT2D eigenvalue weighted by Gasteiger charge is -2.34. The van der Waals surface area contributed by atoms with Gasteiger partial charge < -0.3 is 15.7 Å². The fourth-order valence-electron chi connectivity index (χ4n) is 4.27. The Balaban J connectivity index is 1.49. The third-order valence-corrected chi connectivity index (χ3v) is 10.1. The minimum Gasteiger partial charge on any atom is -0.480 e. The Hall–Kier alpha value is -4.14. The van der Waals surface area contributed by atoms with E-state index in [1.807, 2.05) is 0 Å². The molecule has 4 rings (SSSR count). The van der Waals surface area contributed by atoms with Crippen LogP contribution in [0.1, 0.15) is 21.5 Å². The molecule has 0 unspecified atom stereocenters. The fraction of sp³-hybridized carbons (Fsp3) is 0.259. The average Bonchev–Trinajstić information content (AvgIpc) is 2.93. The summed E-state index contributed by atoms with van der Waals surface area (Å²) in [5, 5.41) is 14.8. The summed E-state index contributed by atoms with van der Waals surface area (Å²) in [6.07, 6.45) is 2.79. The first kappa shape index (κ1) is 29.8. The minimum absolute atomic E-state index is 0.105. The highest BCUT2D eigenvalue weighted by Gasteiger charge is 2.43. The quantitative estimate of drug-likeness (QED) is 0.326. The Morgan fingerprint density at radius 2 is 1.66 bits per heavy atom. The van der Waals surface area contributed by atoms with E-state index >= 15 is 0 Å². The molecule has 12 nitrogen and oxygen atoms in total. The molecule has 0 bridgehead atoms. The summed E-state index contributed by atoms with van der Waals surface area (Å²) in [5.41, 5.74) is 2.17. The molecular formula is C27H28N4O8S2. The molecule has 0 aliphatic carbocycles. The number of amides is 2. The van der Waals surface area contributed by atoms with Crippen molar-refractivity contribution in [2.45, 2.75) is 30.3 Å². The van der Waals surface area contributed by atoms with Gasteiger partial charge in [0.25, 0.3) is 5.91 Å². The molecule has 1 aromatic heterocycles. The second kappa shape index (κ2) is 12.2. The maximum Gasteiger partial charge on any atom is 0.326 e. The van der Waals surface area contributed by atoms with E-state index < -0.39 is 61.9 Å². The number of aromatic nitrogens is 1. The van der Waals surface area contributed by atoms with Crippen molar-refractivity contribution in [2.24, 2.45) is 0 Å². The van der Waals surface area contributed by atoms with Crippen LogP contribution in [0.25, 0.3) is 0 Å². The molecule has 2 heterocycles. The smallest absolute Gasteiger partial charge is 0.326 e. The van der Waals surface area contributed by atoms with Crippen LogP contribution in [0.2, 0.25) is 0 Å². The first-order chi connectivity index (χ1) is 19.4. The van der Waals surface area contributed by atoms with Crippen LogP contribution in [-0.2, 0) is 35.9 Å². The van der Waals surface area contributed by atoms with E-state index in [9.17, 15) is 36.3 Å². The van der Waals surface area contributed by atoms with Crippen molar-refractivity contribution in [2.75, 3.05) is 23.4 Å². The molecule has 3 aromatic rings. The van der Waals surface area contributed by atoms with Gasteiger partial charge in [0.2, 0.25) is 15.9 Å². The van der Waals surface area contributed by atoms with E-state index in [1.165, 1.54) is 24.5 Å². The van der Waals surface area contributed by atoms with Crippen molar-refractivity contribution in [3.05, 3.63) is 89.7 Å². The lowest BCUT2D eigenvalue weighted by Crippen LogP contribution is -2.59. The third-order valence-electron chi connectivity index (χ3n) is 6.52. The second-order valence-corrected chi connectivity index (χ2v) is 13.7. The van der Waals surface area contributed by atoms with Crippen LogP contribution in [0.15, 0.2) is 78.0 Å². The monoisotopic (exact) mass is 600 g/mol. The zero-order valence-corrected chi connectivity index (χ0v) is 23.6. The molecule has 41 heavy (non-hydrogen) atoms. The summed E-state index contributed by atoms with van der Waals surface area (Å²) >= 11 is 0. The fourth-order valence-corrected chi connectivity index (χ4v) is 7.52. The Labute approximate surface area is 237 Å². The maximum atomic E-state index is 13.3. The van der Waals surface area contributed by atoms with E-state index in [1.54, 1.807) is 55.5 Å². The number of hydrogen-bond donors (Lipinski definition) is 3. The SMILES string of the molecule is Cc1ccc(S(=O)(=O)N2CCS(=O)(=O)C[C@H]2C(=O)N[C@@H](Cc2ccc(NC(=O)c3ccncc3)cc2)C(=O)O)cc1. The minimum atomic E-state index is -4.25. The Morgan fingerprint density at radius 1 is 1.02 bits per heavy atom. The van der Waals surface area contributed by atoms with Crippen molar-refractivity contribution in [3.63, 3.8) is 0 Å². The number of aliphatic carboxylic acids is 1. The van der Waals surface area contributed by atoms with Crippen LogP contribution < -0.4 is 10.6 Å². The van der Waals surface area contributed by atoms with Crippen molar-refractivity contribution in [3.8, 4) is 0 Å². The maximum absolute atomic E-state index is 13.3. The van der Waals surface area contributed by atoms with Gasteiger partial charge >= 0.3 is 5.97 Å². The number of rotatable bonds is 9. The van der Waals surface area contributed by atoms with Crippen LogP contribution in [-0.4, -0.2) is 79.1 Å². The summed E-state index contributed by atoms with van der Waals surface area (Å²) in [4.78, 5) is 41.4. The van der Waals surface area contributed by atoms with Gasteiger partial charge in [-0.15, -0.1) is 0 Å². The summed E-state index contributed by atoms with van der Waals surface area (Å²) in [5.74, 6) is -4.02. The second-order valence-electron chi connectivity index (χ2n) is 9.55. The van der Waals surface area contributed by atoms with E-state index in [-0.39, 0.29) is 17.2 Å². The molecule has 2 aromatic carbocycles. The zero-order valence-electron chi connectivity index (χ0n) is 21.9. The van der Waals surface area contributed by atoms with Gasteiger partial charge in [-0.1, -0.05) is 29.8 Å². The predicted octanol–water partition coefficient (Wildman–Crippen LogP) is 1.24. The topological polar surface area (TPSA) is 180 Å². The molecule has 3 N–H and O–H groups in total. The summed E-state index contributed by atoms with van der Waals surface area (Å²) in [6, 6.07) is 12.2. The summed E-state index contributed by atoms with van der Waals surface area (Å²) < 4.78 is 52.2. The lowest BCUT2D eigenvalue weighted by molar-refractivity contribution is -0.142. The first-order valence-electron chi connectivity index (χ1n) is 12.5. The van der Waals surface area contributed by atoms with Gasteiger partial charge in [0.1, 0.15) is 12.1 Å². The van der Waals surface area contributed by atoms with Crippen molar-refractivity contribution in [1.29, 1.82) is 0 Å². The average molecular weight is 601 g/mol. The zero-order chi connectivity index (χ0) is 29.8. The number of carboxylic acids is 1. The van der Waals surface area contributed by atoms with Gasteiger partial charge in [-0.3, -0.25) is 14.6 Å². The number of pyridine rings is 1. The number of sulfone groups is 1. The number of carboxylic acid groups (broad SMARTS) is 1. The predicted molar refractivity (Wildman–Crippen MR) is 149 cm³/mol. The number of nitrogens with one attached hydrogen (secondary N) is 2. The first-order valence-corrected chi connectivity index (χ1v) is 15.7. The van der Waals surface area contributed by atoms with Crippen LogP contribution in [0.4, 0.5) is 5.69 Å². The molecule has 0 radical (unpaired) electrons. The van der Waals surface area contributed by atoms with E-state index in [2.05, 4.69) is 15.6 Å². The normalized spacial score (nSPS) is 17.7. The molecule has 1 aliphatic heterocycles. The van der Waals surface area contributed by atoms with E-state index in [0.717, 1.165) is 9.87 Å². The molecule has 1 saturated heterocycles. The highest BCUT2D eigenvalue weighted by atomic mass is 32.2. The van der Waals surface area contributed by atoms with Crippen molar-refractivity contribution >= 4 is 43.3 Å². The molecular weight excluding hydrogens is 572 g/mol. The highest BCUT2D eigenvalue weighted by molar-refractivity contribution is 7.92. The molecule has 0 spiro atoms. The van der Waals surface area contributed by atoms with Crippen LogP contribution in [0.5, 0.6) is 0 Å². The van der Waals surface area contributed by atoms with Gasteiger partial charge in [0, 0.05) is 36.6 Å². The molecule has 2 atom stereocenters. The standard InChI is InChI=1S/C27H28N4O8S2/c1-18-2-8-22(9-3-18)41(38,39)31-14-15-40(36,37)17-24(31)26(33)30-23(27(34)35)16-19-4-6-21(7-5-19)29-25(32)20-10-12-28-13-11-20/h2-13,23-24H,14-17H2,1H3,(H,29,32)(H,30,33)(H,34,35)/t23-,24-/m0/s1. The van der Waals surface area contributed by atoms with Gasteiger partial charge in [-0.2, -0.15) is 4.31 Å². The number of aryl methyl sites for hydroxylation is 1. The van der Waals surface area contributed by atoms with Gasteiger partial charge in [-0.25, -0.2) is 21.6 Å². The largest absolute Gasteiger partial charge is 0.480 e. The van der Waals surface area contributed by atoms with E-state index in [0.29, 0.717) is 16.8 Å². The number of nitrogens with zero attached hydrogens (tertiary/aromatic N) is 2. The Bertz CT molecular complexity index is 1640. The van der Waals surface area contributed by atoms with Gasteiger partial charge in [0.15, 0.2) is 9.84 Å². The van der Waals surface area contributed by atoms with Gasteiger partial charge in [-0.05, 0) is 48.9 Å². The molecule has 2 amide bonds. The summed E-state index contributed by atoms with van der Waals surface area (Å²) in [7, 11) is -8.01. The molecule has 1 fully saturated rings. The Morgan fingerprint density at radius 3 is 2.27 bits per heavy atom. The van der Waals surface area contributed by atoms with Crippen molar-refractivity contribution in [1.82, 2.24) is 14.6 Å². The summed E-state index contributed by atoms with van der Waals surface area (Å²) in [6.45, 7) is 1.33. The Kier molecular flexibility index (Phi) is 8.85. The van der Waals surface area contributed by atoms with Crippen molar-refractivity contribution < 1.29 is 36.3 Å². The lowest BCUT2D eigenvalue weighted by atomic mass is 10.0. The number of sulfonamides is 1. The van der Waals surface area contributed by atoms with Crippen LogP contribution >= 0.6 is 0 Å². The third kappa shape index (κ3) is 7.34. The molecule has 216 valence electrons. The number of benzene rings is 2. The highest BCUT2D eigenvalue weighted by Crippen LogP contribution is 2.23. The van der Waals surface area contributed by atoms with E-state index in [4.69, 9.17) is 0 Å². The van der Waals surface area contributed by atoms with Gasteiger partial charge in [0.05, 0.1) is 16.4 Å². The molecule has 0 saturated carbocycles. The number of anilines is 1. The van der Waals surface area contributed by atoms with Crippen LogP contribution in [0, 0.1) is 6.92 Å². The molecule has 14 heteroatoms. The van der Waals surface area contributed by atoms with Crippen LogP contribution in [0.3, 0.4) is 0 Å². The number of carbonyl (C=O) groups is 3. The number of hydrogen-bond acceptors (Lipinski definition) is 8. The number of carbonyl (C=O) groups excluding carboxylic acids is 2. The molecule has 1 aliphatic rings.